The van der Waals surface area contributed by atoms with E-state index in [1.807, 2.05) is 42.0 Å². The summed E-state index contributed by atoms with van der Waals surface area (Å²) in [6.07, 6.45) is 3.77. The van der Waals surface area contributed by atoms with Gasteiger partial charge in [0.1, 0.15) is 5.60 Å². The van der Waals surface area contributed by atoms with Crippen LogP contribution < -0.4 is 0 Å². The number of nitrogens with zero attached hydrogens (tertiary/aromatic N) is 3. The van der Waals surface area contributed by atoms with E-state index in [0.717, 1.165) is 37.4 Å². The molecule has 3 aromatic heterocycles. The molecule has 0 unspecified atom stereocenters. The first-order chi connectivity index (χ1) is 11.9. The zero-order valence-electron chi connectivity index (χ0n) is 14.2. The fourth-order valence-corrected chi connectivity index (χ4v) is 3.65. The van der Waals surface area contributed by atoms with E-state index in [2.05, 4.69) is 34.1 Å². The molecule has 0 radical (unpaired) electrons. The number of aryl methyl sites for hydroxylation is 1. The first-order valence-electron chi connectivity index (χ1n) is 8.00. The molecule has 1 aromatic carbocycles. The Bertz CT molecular complexity index is 1150. The van der Waals surface area contributed by atoms with E-state index < -0.39 is 5.60 Å². The van der Waals surface area contributed by atoms with Gasteiger partial charge in [-0.1, -0.05) is 17.9 Å². The van der Waals surface area contributed by atoms with Crippen LogP contribution in [-0.4, -0.2) is 25.3 Å². The van der Waals surface area contributed by atoms with Gasteiger partial charge in [0, 0.05) is 11.8 Å². The summed E-state index contributed by atoms with van der Waals surface area (Å²) in [5.74, 6) is 5.98. The summed E-state index contributed by atoms with van der Waals surface area (Å²) in [4.78, 5) is 4.52. The molecule has 0 saturated carbocycles. The Kier molecular flexibility index (Phi) is 3.60. The second kappa shape index (κ2) is 5.69. The summed E-state index contributed by atoms with van der Waals surface area (Å²) in [7, 11) is 0. The average molecular weight is 347 g/mol. The lowest BCUT2D eigenvalue weighted by Crippen LogP contribution is -2.14. The highest BCUT2D eigenvalue weighted by molar-refractivity contribution is 7.18. The molecule has 0 amide bonds. The molecule has 4 nitrogen and oxygen atoms in total. The van der Waals surface area contributed by atoms with Gasteiger partial charge in [-0.3, -0.25) is 0 Å². The maximum absolute atomic E-state index is 9.91. The molecule has 0 fully saturated rings. The van der Waals surface area contributed by atoms with Crippen molar-refractivity contribution >= 4 is 27.1 Å². The Morgan fingerprint density at radius 1 is 1.24 bits per heavy atom. The average Bonchev–Trinajstić information content (AvgIpc) is 3.13. The fraction of sp³-hybridized carbons (Fsp3) is 0.200. The molecule has 0 atom stereocenters. The number of benzene rings is 1. The molecule has 0 bridgehead atoms. The minimum atomic E-state index is -1.04. The normalized spacial score (nSPS) is 11.7. The second-order valence-electron chi connectivity index (χ2n) is 6.50. The number of pyridine rings is 1. The summed E-state index contributed by atoms with van der Waals surface area (Å²) >= 11 is 1.69. The molecule has 3 heterocycles. The molecule has 0 spiro atoms. The Balaban J connectivity index is 1.93. The van der Waals surface area contributed by atoms with Crippen molar-refractivity contribution < 1.29 is 5.11 Å². The van der Waals surface area contributed by atoms with E-state index in [-0.39, 0.29) is 0 Å². The summed E-state index contributed by atoms with van der Waals surface area (Å²) in [6.45, 7) is 5.37. The van der Waals surface area contributed by atoms with Crippen molar-refractivity contribution in [1.29, 1.82) is 0 Å². The third-order valence-corrected chi connectivity index (χ3v) is 4.78. The van der Waals surface area contributed by atoms with Crippen molar-refractivity contribution in [3.8, 4) is 23.0 Å². The topological polar surface area (TPSA) is 50.4 Å². The maximum Gasteiger partial charge on any atom is 0.120 e. The molecule has 0 aliphatic rings. The molecule has 4 aromatic rings. The lowest BCUT2D eigenvalue weighted by atomic mass is 10.0. The van der Waals surface area contributed by atoms with E-state index in [1.54, 1.807) is 25.2 Å². The molecular formula is C20H17N3OS. The number of thiazole rings is 1. The first-order valence-corrected chi connectivity index (χ1v) is 8.82. The van der Waals surface area contributed by atoms with Crippen LogP contribution in [0.1, 0.15) is 24.4 Å². The minimum absolute atomic E-state index is 0.845. The summed E-state index contributed by atoms with van der Waals surface area (Å²) < 4.78 is 2.99. The monoisotopic (exact) mass is 347 g/mol. The van der Waals surface area contributed by atoms with Gasteiger partial charge in [-0.2, -0.15) is 5.10 Å². The van der Waals surface area contributed by atoms with Crippen LogP contribution in [0.4, 0.5) is 0 Å². The molecule has 0 aliphatic carbocycles. The van der Waals surface area contributed by atoms with Crippen molar-refractivity contribution in [2.75, 3.05) is 0 Å². The van der Waals surface area contributed by atoms with Crippen molar-refractivity contribution in [2.45, 2.75) is 26.4 Å². The van der Waals surface area contributed by atoms with Gasteiger partial charge >= 0.3 is 0 Å². The predicted molar refractivity (Wildman–Crippen MR) is 102 cm³/mol. The highest BCUT2D eigenvalue weighted by Gasteiger charge is 2.12. The predicted octanol–water partition coefficient (Wildman–Crippen LogP) is 4.04. The van der Waals surface area contributed by atoms with Gasteiger partial charge in [0.15, 0.2) is 0 Å². The van der Waals surface area contributed by atoms with Crippen LogP contribution in [-0.2, 0) is 0 Å². The van der Waals surface area contributed by atoms with Gasteiger partial charge in [-0.05, 0) is 50.6 Å². The highest BCUT2D eigenvalue weighted by atomic mass is 32.1. The third-order valence-electron chi connectivity index (χ3n) is 3.85. The van der Waals surface area contributed by atoms with E-state index >= 15 is 0 Å². The summed E-state index contributed by atoms with van der Waals surface area (Å²) in [6, 6.07) is 10.1. The van der Waals surface area contributed by atoms with Crippen LogP contribution in [0.25, 0.3) is 26.9 Å². The Morgan fingerprint density at radius 2 is 2.08 bits per heavy atom. The lowest BCUT2D eigenvalue weighted by molar-refractivity contribution is 0.143. The van der Waals surface area contributed by atoms with Crippen LogP contribution >= 0.6 is 11.3 Å². The van der Waals surface area contributed by atoms with Gasteiger partial charge in [-0.15, -0.1) is 11.3 Å². The van der Waals surface area contributed by atoms with Gasteiger partial charge in [0.2, 0.25) is 0 Å². The third kappa shape index (κ3) is 3.02. The number of aliphatic hydroxyl groups is 1. The lowest BCUT2D eigenvalue weighted by Gasteiger charge is -2.07. The molecule has 0 aliphatic heterocycles. The zero-order valence-corrected chi connectivity index (χ0v) is 15.1. The van der Waals surface area contributed by atoms with E-state index in [1.165, 1.54) is 0 Å². The second-order valence-corrected chi connectivity index (χ2v) is 7.73. The summed E-state index contributed by atoms with van der Waals surface area (Å²) in [5.41, 5.74) is 3.88. The first kappa shape index (κ1) is 15.8. The number of rotatable bonds is 1. The SMILES string of the molecule is Cc1nc2ccc(-c3cnn4cccc(C#CC(C)(C)O)c34)cc2s1. The molecular weight excluding hydrogens is 330 g/mol. The Hall–Kier alpha value is -2.68. The maximum atomic E-state index is 9.91. The van der Waals surface area contributed by atoms with Crippen LogP contribution in [0.3, 0.4) is 0 Å². The molecule has 25 heavy (non-hydrogen) atoms. The fourth-order valence-electron chi connectivity index (χ4n) is 2.78. The van der Waals surface area contributed by atoms with Gasteiger partial charge in [0.05, 0.1) is 32.5 Å². The van der Waals surface area contributed by atoms with Crippen LogP contribution in [0.5, 0.6) is 0 Å². The van der Waals surface area contributed by atoms with Crippen LogP contribution in [0, 0.1) is 18.8 Å². The van der Waals surface area contributed by atoms with Crippen molar-refractivity contribution in [3.05, 3.63) is 53.3 Å². The number of fused-ring (bicyclic) bond motifs is 2. The Morgan fingerprint density at radius 3 is 2.88 bits per heavy atom. The van der Waals surface area contributed by atoms with Gasteiger partial charge in [-0.25, -0.2) is 9.50 Å². The number of hydrogen-bond donors (Lipinski definition) is 1. The van der Waals surface area contributed by atoms with E-state index in [4.69, 9.17) is 0 Å². The molecule has 124 valence electrons. The quantitative estimate of drug-likeness (QED) is 0.529. The van der Waals surface area contributed by atoms with Gasteiger partial charge < -0.3 is 5.11 Å². The summed E-state index contributed by atoms with van der Waals surface area (Å²) in [5, 5.41) is 15.4. The molecule has 0 saturated heterocycles. The molecule has 5 heteroatoms. The van der Waals surface area contributed by atoms with Crippen molar-refractivity contribution in [3.63, 3.8) is 0 Å². The van der Waals surface area contributed by atoms with Crippen molar-refractivity contribution in [2.24, 2.45) is 0 Å². The largest absolute Gasteiger partial charge is 0.378 e. The molecule has 4 rings (SSSR count). The number of aromatic nitrogens is 3. The number of hydrogen-bond acceptors (Lipinski definition) is 4. The molecule has 1 N–H and O–H groups in total. The van der Waals surface area contributed by atoms with Crippen molar-refractivity contribution in [1.82, 2.24) is 14.6 Å². The van der Waals surface area contributed by atoms with E-state index in [0.29, 0.717) is 0 Å². The Labute approximate surface area is 149 Å². The zero-order chi connectivity index (χ0) is 17.6. The van der Waals surface area contributed by atoms with E-state index in [9.17, 15) is 5.11 Å². The van der Waals surface area contributed by atoms with Crippen LogP contribution in [0.2, 0.25) is 0 Å². The van der Waals surface area contributed by atoms with Gasteiger partial charge in [0.25, 0.3) is 0 Å². The smallest absolute Gasteiger partial charge is 0.120 e. The standard InChI is InChI=1S/C20H17N3OS/c1-13-22-17-7-6-15(11-18(17)25-13)16-12-21-23-10-4-5-14(19(16)23)8-9-20(2,3)24/h4-7,10-12,24H,1-3H3. The van der Waals surface area contributed by atoms with Crippen LogP contribution in [0.15, 0.2) is 42.7 Å². The highest BCUT2D eigenvalue weighted by Crippen LogP contribution is 2.31. The minimum Gasteiger partial charge on any atom is -0.378 e.